The Kier molecular flexibility index (Phi) is 5.53. The van der Waals surface area contributed by atoms with E-state index in [0.717, 1.165) is 27.8 Å². The highest BCUT2D eigenvalue weighted by atomic mass is 16.5. The van der Waals surface area contributed by atoms with Gasteiger partial charge in [0.1, 0.15) is 11.4 Å². The number of carbonyl (C=O) groups excluding carboxylic acids is 1. The molecule has 1 aliphatic rings. The third kappa shape index (κ3) is 3.94. The van der Waals surface area contributed by atoms with Gasteiger partial charge in [-0.2, -0.15) is 5.10 Å². The summed E-state index contributed by atoms with van der Waals surface area (Å²) in [4.78, 5) is 18.7. The number of aromatic amines is 1. The van der Waals surface area contributed by atoms with Crippen molar-refractivity contribution in [2.75, 3.05) is 20.2 Å². The van der Waals surface area contributed by atoms with Crippen molar-refractivity contribution in [1.82, 2.24) is 20.1 Å². The SMILES string of the molecule is COc1ccccc1-c1n[nH]c2ncc(-c3cccc(C(O)C(=O)N4CC[C@H](O)C4)c3)cc12. The molecule has 1 saturated heterocycles. The first kappa shape index (κ1) is 21.1. The number of nitrogens with one attached hydrogen (secondary N) is 1. The molecule has 0 bridgehead atoms. The lowest BCUT2D eigenvalue weighted by Gasteiger charge is -2.20. The maximum atomic E-state index is 12.7. The molecule has 1 amide bonds. The van der Waals surface area contributed by atoms with Gasteiger partial charge in [0.2, 0.25) is 0 Å². The van der Waals surface area contributed by atoms with Gasteiger partial charge in [-0.1, -0.05) is 30.3 Å². The minimum absolute atomic E-state index is 0.252. The standard InChI is InChI=1S/C25H24N4O4/c1-33-21-8-3-2-7-19(21)22-20-12-17(13-26-24(20)28-27-22)15-5-4-6-16(11-15)23(31)25(32)29-10-9-18(30)14-29/h2-8,11-13,18,23,30-31H,9-10,14H2,1H3,(H,26,27,28)/t18-,23?/m0/s1. The molecular formula is C25H24N4O4. The molecule has 0 spiro atoms. The molecule has 0 saturated carbocycles. The van der Waals surface area contributed by atoms with E-state index in [2.05, 4.69) is 15.2 Å². The number of carbonyl (C=O) groups is 1. The van der Waals surface area contributed by atoms with Crippen LogP contribution < -0.4 is 4.74 Å². The van der Waals surface area contributed by atoms with Crippen molar-refractivity contribution in [2.24, 2.45) is 0 Å². The number of likely N-dealkylation sites (tertiary alicyclic amines) is 1. The maximum Gasteiger partial charge on any atom is 0.256 e. The van der Waals surface area contributed by atoms with Gasteiger partial charge in [0.15, 0.2) is 11.8 Å². The summed E-state index contributed by atoms with van der Waals surface area (Å²) < 4.78 is 5.49. The number of hydrogen-bond donors (Lipinski definition) is 3. The first-order valence-electron chi connectivity index (χ1n) is 10.8. The van der Waals surface area contributed by atoms with E-state index in [1.54, 1.807) is 31.5 Å². The lowest BCUT2D eigenvalue weighted by Crippen LogP contribution is -2.33. The second-order valence-electron chi connectivity index (χ2n) is 8.15. The number of aliphatic hydroxyl groups is 2. The van der Waals surface area contributed by atoms with Crippen LogP contribution in [0.5, 0.6) is 5.75 Å². The van der Waals surface area contributed by atoms with Crippen LogP contribution in [0.1, 0.15) is 18.1 Å². The fraction of sp³-hybridized carbons (Fsp3) is 0.240. The number of β-amino-alcohol motifs (C(OH)–C–C–N with tert-alkyl or cyclic N) is 1. The lowest BCUT2D eigenvalue weighted by molar-refractivity contribution is -0.139. The molecule has 0 aliphatic carbocycles. The zero-order valence-electron chi connectivity index (χ0n) is 18.1. The van der Waals surface area contributed by atoms with E-state index in [1.165, 1.54) is 4.90 Å². The average molecular weight is 444 g/mol. The zero-order chi connectivity index (χ0) is 22.9. The molecule has 3 heterocycles. The van der Waals surface area contributed by atoms with E-state index in [1.807, 2.05) is 36.4 Å². The number of methoxy groups -OCH3 is 1. The summed E-state index contributed by atoms with van der Waals surface area (Å²) in [5.41, 5.74) is 4.39. The predicted octanol–water partition coefficient (Wildman–Crippen LogP) is 2.93. The molecule has 3 N–H and O–H groups in total. The van der Waals surface area contributed by atoms with Crippen LogP contribution in [-0.2, 0) is 4.79 Å². The quantitative estimate of drug-likeness (QED) is 0.436. The van der Waals surface area contributed by atoms with Gasteiger partial charge in [0, 0.05) is 35.8 Å². The maximum absolute atomic E-state index is 12.7. The van der Waals surface area contributed by atoms with Gasteiger partial charge in [-0.3, -0.25) is 9.89 Å². The Balaban J connectivity index is 1.49. The minimum atomic E-state index is -1.29. The van der Waals surface area contributed by atoms with Crippen LogP contribution in [0, 0.1) is 0 Å². The Morgan fingerprint density at radius 3 is 2.82 bits per heavy atom. The molecule has 33 heavy (non-hydrogen) atoms. The second kappa shape index (κ2) is 8.65. The molecule has 168 valence electrons. The van der Waals surface area contributed by atoms with E-state index in [0.29, 0.717) is 29.9 Å². The largest absolute Gasteiger partial charge is 0.496 e. The number of aromatic nitrogens is 3. The third-order valence-corrected chi connectivity index (χ3v) is 6.02. The van der Waals surface area contributed by atoms with Crippen molar-refractivity contribution in [3.05, 3.63) is 66.4 Å². The van der Waals surface area contributed by atoms with E-state index < -0.39 is 18.1 Å². The van der Waals surface area contributed by atoms with Crippen LogP contribution in [-0.4, -0.2) is 62.5 Å². The van der Waals surface area contributed by atoms with Gasteiger partial charge in [-0.05, 0) is 41.8 Å². The van der Waals surface area contributed by atoms with Crippen LogP contribution >= 0.6 is 0 Å². The number of benzene rings is 2. The number of hydrogen-bond acceptors (Lipinski definition) is 6. The number of rotatable bonds is 5. The summed E-state index contributed by atoms with van der Waals surface area (Å²) in [5, 5.41) is 28.6. The normalized spacial score (nSPS) is 16.8. The molecular weight excluding hydrogens is 420 g/mol. The molecule has 4 aromatic rings. The Morgan fingerprint density at radius 2 is 2.03 bits per heavy atom. The monoisotopic (exact) mass is 444 g/mol. The summed E-state index contributed by atoms with van der Waals surface area (Å²) in [6, 6.07) is 16.9. The molecule has 2 aromatic heterocycles. The van der Waals surface area contributed by atoms with Gasteiger partial charge in [0.25, 0.3) is 5.91 Å². The van der Waals surface area contributed by atoms with Gasteiger partial charge in [-0.15, -0.1) is 0 Å². The Bertz CT molecular complexity index is 1320. The number of nitrogens with zero attached hydrogens (tertiary/aromatic N) is 3. The highest BCUT2D eigenvalue weighted by molar-refractivity contribution is 5.94. The first-order valence-corrected chi connectivity index (χ1v) is 10.8. The minimum Gasteiger partial charge on any atom is -0.496 e. The van der Waals surface area contributed by atoms with Crippen LogP contribution in [0.25, 0.3) is 33.4 Å². The first-order chi connectivity index (χ1) is 16.0. The van der Waals surface area contributed by atoms with Gasteiger partial charge in [-0.25, -0.2) is 4.98 Å². The predicted molar refractivity (Wildman–Crippen MR) is 123 cm³/mol. The molecule has 0 radical (unpaired) electrons. The molecule has 5 rings (SSSR count). The van der Waals surface area contributed by atoms with E-state index in [-0.39, 0.29) is 6.54 Å². The van der Waals surface area contributed by atoms with Crippen molar-refractivity contribution >= 4 is 16.9 Å². The summed E-state index contributed by atoms with van der Waals surface area (Å²) in [5.74, 6) is 0.317. The van der Waals surface area contributed by atoms with Gasteiger partial charge >= 0.3 is 0 Å². The molecule has 1 fully saturated rings. The summed E-state index contributed by atoms with van der Waals surface area (Å²) in [6.07, 6.45) is 0.447. The molecule has 8 heteroatoms. The summed E-state index contributed by atoms with van der Waals surface area (Å²) in [6.45, 7) is 0.700. The van der Waals surface area contributed by atoms with Crippen LogP contribution in [0.4, 0.5) is 0 Å². The Labute approximate surface area is 190 Å². The molecule has 1 unspecified atom stereocenters. The Hall–Kier alpha value is -3.75. The van der Waals surface area contributed by atoms with Crippen LogP contribution in [0.2, 0.25) is 0 Å². The van der Waals surface area contributed by atoms with E-state index in [4.69, 9.17) is 4.74 Å². The van der Waals surface area contributed by atoms with E-state index in [9.17, 15) is 15.0 Å². The molecule has 1 aliphatic heterocycles. The van der Waals surface area contributed by atoms with Crippen molar-refractivity contribution in [2.45, 2.75) is 18.6 Å². The van der Waals surface area contributed by atoms with Gasteiger partial charge in [0.05, 0.1) is 13.2 Å². The highest BCUT2D eigenvalue weighted by Crippen LogP contribution is 2.34. The number of fused-ring (bicyclic) bond motifs is 1. The van der Waals surface area contributed by atoms with Crippen molar-refractivity contribution in [3.63, 3.8) is 0 Å². The van der Waals surface area contributed by atoms with Gasteiger partial charge < -0.3 is 19.8 Å². The lowest BCUT2D eigenvalue weighted by atomic mass is 9.99. The number of para-hydroxylation sites is 1. The van der Waals surface area contributed by atoms with Crippen LogP contribution in [0.15, 0.2) is 60.8 Å². The fourth-order valence-corrected chi connectivity index (χ4v) is 4.25. The fourth-order valence-electron chi connectivity index (χ4n) is 4.25. The number of ether oxygens (including phenoxy) is 1. The van der Waals surface area contributed by atoms with Crippen LogP contribution in [0.3, 0.4) is 0 Å². The third-order valence-electron chi connectivity index (χ3n) is 6.02. The molecule has 8 nitrogen and oxygen atoms in total. The number of H-pyrrole nitrogens is 1. The van der Waals surface area contributed by atoms with Crippen molar-refractivity contribution < 1.29 is 19.7 Å². The van der Waals surface area contributed by atoms with Crippen molar-refractivity contribution in [3.8, 4) is 28.1 Å². The number of aliphatic hydroxyl groups excluding tert-OH is 2. The molecule has 2 aromatic carbocycles. The van der Waals surface area contributed by atoms with E-state index >= 15 is 0 Å². The second-order valence-corrected chi connectivity index (χ2v) is 8.15. The van der Waals surface area contributed by atoms with Crippen molar-refractivity contribution in [1.29, 1.82) is 0 Å². The summed E-state index contributed by atoms with van der Waals surface area (Å²) in [7, 11) is 1.62. The number of amides is 1. The Morgan fingerprint density at radius 1 is 1.18 bits per heavy atom. The highest BCUT2D eigenvalue weighted by Gasteiger charge is 2.29. The zero-order valence-corrected chi connectivity index (χ0v) is 18.1. The average Bonchev–Trinajstić information content (AvgIpc) is 3.49. The summed E-state index contributed by atoms with van der Waals surface area (Å²) >= 11 is 0. The topological polar surface area (TPSA) is 112 Å². The molecule has 2 atom stereocenters. The number of pyridine rings is 1. The smallest absolute Gasteiger partial charge is 0.256 e.